The molecule has 3 aromatic rings. The number of benzene rings is 1. The second-order valence-corrected chi connectivity index (χ2v) is 6.67. The molecule has 0 radical (unpaired) electrons. The molecule has 1 N–H and O–H groups in total. The van der Waals surface area contributed by atoms with Crippen LogP contribution in [0.3, 0.4) is 0 Å². The van der Waals surface area contributed by atoms with E-state index in [0.717, 1.165) is 11.3 Å². The topological polar surface area (TPSA) is 78.3 Å². The monoisotopic (exact) mass is 380 g/mol. The second kappa shape index (κ2) is 8.12. The zero-order chi connectivity index (χ0) is 20.3. The number of carbonyl (C=O) groups excluding carboxylic acids is 1. The van der Waals surface area contributed by atoms with Gasteiger partial charge in [-0.05, 0) is 36.6 Å². The average molecular weight is 380 g/mol. The standard InChI is InChI=1S/C21H24N4O3/c1-13(2)20-15(12-23-25(20)19-8-6-7-9-22-19)21(26)24-16-11-18(28-5)17(27-4)10-14(16)3/h6-13H,1-5H3,(H,24,26). The normalized spacial score (nSPS) is 10.8. The zero-order valence-electron chi connectivity index (χ0n) is 16.7. The van der Waals surface area contributed by atoms with E-state index in [2.05, 4.69) is 15.4 Å². The molecule has 0 aliphatic rings. The summed E-state index contributed by atoms with van der Waals surface area (Å²) in [7, 11) is 3.14. The summed E-state index contributed by atoms with van der Waals surface area (Å²) in [5, 5.41) is 7.37. The molecule has 28 heavy (non-hydrogen) atoms. The maximum absolute atomic E-state index is 13.0. The van der Waals surface area contributed by atoms with Gasteiger partial charge in [0.25, 0.3) is 5.91 Å². The highest BCUT2D eigenvalue weighted by Crippen LogP contribution is 2.33. The first-order valence-corrected chi connectivity index (χ1v) is 8.99. The molecule has 2 aromatic heterocycles. The molecule has 0 bridgehead atoms. The summed E-state index contributed by atoms with van der Waals surface area (Å²) >= 11 is 0. The summed E-state index contributed by atoms with van der Waals surface area (Å²) < 4.78 is 12.4. The number of hydrogen-bond acceptors (Lipinski definition) is 5. The van der Waals surface area contributed by atoms with Crippen molar-refractivity contribution >= 4 is 11.6 Å². The van der Waals surface area contributed by atoms with E-state index >= 15 is 0 Å². The number of methoxy groups -OCH3 is 2. The van der Waals surface area contributed by atoms with Crippen LogP contribution in [0.4, 0.5) is 5.69 Å². The van der Waals surface area contributed by atoms with E-state index in [0.29, 0.717) is 28.6 Å². The third kappa shape index (κ3) is 3.69. The van der Waals surface area contributed by atoms with E-state index in [1.165, 1.54) is 0 Å². The van der Waals surface area contributed by atoms with Gasteiger partial charge in [0, 0.05) is 18.0 Å². The fourth-order valence-corrected chi connectivity index (χ4v) is 3.05. The van der Waals surface area contributed by atoms with Crippen LogP contribution >= 0.6 is 0 Å². The van der Waals surface area contributed by atoms with Gasteiger partial charge in [0.05, 0.1) is 31.7 Å². The molecule has 0 aliphatic heterocycles. The largest absolute Gasteiger partial charge is 0.493 e. The molecule has 1 amide bonds. The third-order valence-electron chi connectivity index (χ3n) is 4.44. The molecule has 0 saturated heterocycles. The molecule has 0 unspecified atom stereocenters. The summed E-state index contributed by atoms with van der Waals surface area (Å²) in [6, 6.07) is 9.18. The molecule has 7 heteroatoms. The first kappa shape index (κ1) is 19.4. The van der Waals surface area contributed by atoms with Gasteiger partial charge in [-0.3, -0.25) is 4.79 Å². The van der Waals surface area contributed by atoms with Crippen LogP contribution in [0.1, 0.15) is 41.4 Å². The first-order chi connectivity index (χ1) is 13.5. The van der Waals surface area contributed by atoms with Gasteiger partial charge in [-0.2, -0.15) is 5.10 Å². The molecule has 0 saturated carbocycles. The summed E-state index contributed by atoms with van der Waals surface area (Å²) in [4.78, 5) is 17.4. The van der Waals surface area contributed by atoms with Crippen molar-refractivity contribution in [2.45, 2.75) is 26.7 Å². The molecule has 0 fully saturated rings. The lowest BCUT2D eigenvalue weighted by molar-refractivity contribution is 0.102. The Morgan fingerprint density at radius 3 is 2.46 bits per heavy atom. The highest BCUT2D eigenvalue weighted by molar-refractivity contribution is 6.05. The smallest absolute Gasteiger partial charge is 0.259 e. The number of carbonyl (C=O) groups is 1. The van der Waals surface area contributed by atoms with Gasteiger partial charge in [0.15, 0.2) is 17.3 Å². The Morgan fingerprint density at radius 1 is 1.14 bits per heavy atom. The molecule has 0 spiro atoms. The molecule has 1 aromatic carbocycles. The van der Waals surface area contributed by atoms with E-state index in [-0.39, 0.29) is 11.8 Å². The lowest BCUT2D eigenvalue weighted by atomic mass is 10.0. The van der Waals surface area contributed by atoms with Crippen molar-refractivity contribution < 1.29 is 14.3 Å². The maximum Gasteiger partial charge on any atom is 0.259 e. The third-order valence-corrected chi connectivity index (χ3v) is 4.44. The number of nitrogens with one attached hydrogen (secondary N) is 1. The molecular weight excluding hydrogens is 356 g/mol. The quantitative estimate of drug-likeness (QED) is 0.700. The predicted octanol–water partition coefficient (Wildman–Crippen LogP) is 3.97. The van der Waals surface area contributed by atoms with Crippen LogP contribution in [0.2, 0.25) is 0 Å². The van der Waals surface area contributed by atoms with E-state index in [1.54, 1.807) is 37.4 Å². The van der Waals surface area contributed by atoms with Crippen molar-refractivity contribution in [1.82, 2.24) is 14.8 Å². The molecule has 7 nitrogen and oxygen atoms in total. The van der Waals surface area contributed by atoms with Crippen molar-refractivity contribution in [3.05, 3.63) is 59.5 Å². The molecule has 146 valence electrons. The molecule has 3 rings (SSSR count). The number of rotatable bonds is 6. The van der Waals surface area contributed by atoms with Crippen LogP contribution in [0.15, 0.2) is 42.7 Å². The van der Waals surface area contributed by atoms with Crippen LogP contribution in [-0.2, 0) is 0 Å². The molecule has 2 heterocycles. The zero-order valence-corrected chi connectivity index (χ0v) is 16.7. The number of aryl methyl sites for hydroxylation is 1. The SMILES string of the molecule is COc1cc(C)c(NC(=O)c2cnn(-c3ccccn3)c2C(C)C)cc1OC. The summed E-state index contributed by atoms with van der Waals surface area (Å²) in [5.41, 5.74) is 2.83. The maximum atomic E-state index is 13.0. The number of amides is 1. The van der Waals surface area contributed by atoms with Crippen molar-refractivity contribution in [1.29, 1.82) is 0 Å². The van der Waals surface area contributed by atoms with Crippen molar-refractivity contribution in [2.75, 3.05) is 19.5 Å². The van der Waals surface area contributed by atoms with E-state index in [4.69, 9.17) is 9.47 Å². The Balaban J connectivity index is 1.97. The fourth-order valence-electron chi connectivity index (χ4n) is 3.05. The van der Waals surface area contributed by atoms with Crippen LogP contribution in [0, 0.1) is 6.92 Å². The summed E-state index contributed by atoms with van der Waals surface area (Å²) in [6.07, 6.45) is 3.28. The number of nitrogens with zero attached hydrogens (tertiary/aromatic N) is 3. The van der Waals surface area contributed by atoms with Gasteiger partial charge >= 0.3 is 0 Å². The van der Waals surface area contributed by atoms with Gasteiger partial charge in [0.2, 0.25) is 0 Å². The van der Waals surface area contributed by atoms with Crippen LogP contribution in [-0.4, -0.2) is 34.9 Å². The van der Waals surface area contributed by atoms with Gasteiger partial charge in [-0.1, -0.05) is 19.9 Å². The van der Waals surface area contributed by atoms with E-state index < -0.39 is 0 Å². The number of pyridine rings is 1. The summed E-state index contributed by atoms with van der Waals surface area (Å²) in [5.74, 6) is 1.69. The minimum atomic E-state index is -0.235. The molecule has 0 aliphatic carbocycles. The lowest BCUT2D eigenvalue weighted by Gasteiger charge is -2.15. The Hall–Kier alpha value is -3.35. The average Bonchev–Trinajstić information content (AvgIpc) is 3.15. The van der Waals surface area contributed by atoms with Crippen LogP contribution in [0.25, 0.3) is 5.82 Å². The Morgan fingerprint density at radius 2 is 1.86 bits per heavy atom. The van der Waals surface area contributed by atoms with Gasteiger partial charge in [-0.15, -0.1) is 0 Å². The second-order valence-electron chi connectivity index (χ2n) is 6.67. The van der Waals surface area contributed by atoms with Crippen LogP contribution in [0.5, 0.6) is 11.5 Å². The minimum absolute atomic E-state index is 0.0803. The molecule has 0 atom stereocenters. The predicted molar refractivity (Wildman–Crippen MR) is 108 cm³/mol. The van der Waals surface area contributed by atoms with Crippen molar-refractivity contribution in [3.63, 3.8) is 0 Å². The highest BCUT2D eigenvalue weighted by atomic mass is 16.5. The van der Waals surface area contributed by atoms with Crippen molar-refractivity contribution in [3.8, 4) is 17.3 Å². The highest BCUT2D eigenvalue weighted by Gasteiger charge is 2.22. The van der Waals surface area contributed by atoms with Crippen LogP contribution < -0.4 is 14.8 Å². The number of aromatic nitrogens is 3. The Labute approximate surface area is 164 Å². The van der Waals surface area contributed by atoms with Gasteiger partial charge < -0.3 is 14.8 Å². The summed E-state index contributed by atoms with van der Waals surface area (Å²) in [6.45, 7) is 5.95. The first-order valence-electron chi connectivity index (χ1n) is 8.99. The Bertz CT molecular complexity index is 981. The van der Waals surface area contributed by atoms with E-state index in [1.807, 2.05) is 45.0 Å². The molecular formula is C21H24N4O3. The van der Waals surface area contributed by atoms with Crippen molar-refractivity contribution in [2.24, 2.45) is 0 Å². The number of hydrogen-bond donors (Lipinski definition) is 1. The van der Waals surface area contributed by atoms with Gasteiger partial charge in [-0.25, -0.2) is 9.67 Å². The lowest BCUT2D eigenvalue weighted by Crippen LogP contribution is -2.16. The van der Waals surface area contributed by atoms with Gasteiger partial charge in [0.1, 0.15) is 0 Å². The number of anilines is 1. The fraction of sp³-hybridized carbons (Fsp3) is 0.286. The Kier molecular flexibility index (Phi) is 5.63. The van der Waals surface area contributed by atoms with E-state index in [9.17, 15) is 4.79 Å². The number of ether oxygens (including phenoxy) is 2. The minimum Gasteiger partial charge on any atom is -0.493 e.